The van der Waals surface area contributed by atoms with Crippen molar-refractivity contribution in [3.63, 3.8) is 0 Å². The van der Waals surface area contributed by atoms with Gasteiger partial charge >= 0.3 is 89.5 Å². The van der Waals surface area contributed by atoms with Gasteiger partial charge in [-0.25, -0.2) is 28.8 Å². The molecule has 0 aromatic heterocycles. The standard InChI is InChI=1S/C33H62O6.C27H26O6.C22H24O6.C21H38O6.C17H22O6/c1-5-9-12-15-18-21-24-30(34)37-27-33(8-4,28-38-31(35)25-22-19-16-13-10-6-2)29-39-32(36)26-23-20-17-14-11-7-3;1-2-27(18-31-24(28)21-12-6-3-7-13-21,19-32-25(29)22-14-8-4-9-15-22)20-33-26(30)23-16-10-5-11-17-23;1-3-22(14-26-17(2)23,15-27-20(24)18-10-6-4-7-11-18)16-28-21(25)19-12-8-5-9-13-19;1-5-9-12-18(22)25-15-21(8-4,16-26-19(23)13-10-6-2)17-27-20(24)14-11-7-3;1-4-17(10-21-13(2)18,11-22-14(3)19)12-23-16(20)15-8-6-5-7-9-15/h5-29H2,1-4H3;3-17H,2,18-20H2,1H3;4-13H,3,14-16H2,1-2H3;5-17H2,1-4H3;5-9H,4,10-12H2,1-3H3. The average Bonchev–Trinajstić information content (AvgIpc) is 0.824. The summed E-state index contributed by atoms with van der Waals surface area (Å²) in [7, 11) is 0. The van der Waals surface area contributed by atoms with Crippen LogP contribution in [0.4, 0.5) is 0 Å². The number of unbranched alkanes of at least 4 members (excludes halogenated alkanes) is 18. The number of ether oxygens (including phenoxy) is 15. The van der Waals surface area contributed by atoms with Crippen molar-refractivity contribution in [2.24, 2.45) is 27.1 Å². The van der Waals surface area contributed by atoms with Crippen molar-refractivity contribution in [3.05, 3.63) is 215 Å². The molecule has 0 atom stereocenters. The minimum atomic E-state index is -0.903. The molecule has 6 aromatic carbocycles. The Morgan fingerprint density at radius 1 is 0.160 bits per heavy atom. The summed E-state index contributed by atoms with van der Waals surface area (Å²) in [6.45, 7) is 26.1. The number of benzene rings is 6. The van der Waals surface area contributed by atoms with Crippen molar-refractivity contribution in [1.82, 2.24) is 0 Å². The Labute approximate surface area is 891 Å². The predicted octanol–water partition coefficient (Wildman–Crippen LogP) is 24.8. The predicted molar refractivity (Wildman–Crippen MR) is 572 cm³/mol. The molecule has 0 saturated heterocycles. The van der Waals surface area contributed by atoms with E-state index in [-0.39, 0.29) is 135 Å². The average molecular weight is 2090 g/mol. The summed E-state index contributed by atoms with van der Waals surface area (Å²) in [5.74, 6) is -5.84. The fourth-order valence-corrected chi connectivity index (χ4v) is 14.1. The molecule has 6 rings (SSSR count). The lowest BCUT2D eigenvalue weighted by molar-refractivity contribution is -0.165. The van der Waals surface area contributed by atoms with Crippen LogP contribution in [0.15, 0.2) is 182 Å². The molecule has 30 nitrogen and oxygen atoms in total. The van der Waals surface area contributed by atoms with Crippen LogP contribution in [0, 0.1) is 27.1 Å². The topological polar surface area (TPSA) is 394 Å². The molecule has 0 unspecified atom stereocenters. The van der Waals surface area contributed by atoms with Crippen LogP contribution in [0.3, 0.4) is 0 Å². The molecule has 0 aliphatic carbocycles. The molecule has 0 heterocycles. The molecule has 0 radical (unpaired) electrons. The van der Waals surface area contributed by atoms with E-state index in [0.29, 0.717) is 104 Å². The van der Waals surface area contributed by atoms with Gasteiger partial charge < -0.3 is 71.1 Å². The van der Waals surface area contributed by atoms with E-state index < -0.39 is 80.8 Å². The fourth-order valence-electron chi connectivity index (χ4n) is 14.1. The summed E-state index contributed by atoms with van der Waals surface area (Å²) >= 11 is 0. The summed E-state index contributed by atoms with van der Waals surface area (Å²) in [6, 6.07) is 51.5. The lowest BCUT2D eigenvalue weighted by Gasteiger charge is -2.31. The first-order valence-electron chi connectivity index (χ1n) is 53.9. The Bertz CT molecular complexity index is 4410. The second kappa shape index (κ2) is 81.3. The highest BCUT2D eigenvalue weighted by molar-refractivity contribution is 5.92. The first-order chi connectivity index (χ1) is 72.2. The largest absolute Gasteiger partial charge is 0.465 e. The lowest BCUT2D eigenvalue weighted by Crippen LogP contribution is -2.39. The zero-order valence-corrected chi connectivity index (χ0v) is 91.9. The molecule has 0 spiro atoms. The SMILES string of the molecule is CCC(COC(=O)c1ccccc1)(COC(=O)c1ccccc1)COC(=O)c1ccccc1.CCC(COC(C)=O)(COC(=O)c1ccccc1)COC(=O)c1ccccc1.CCC(COC(C)=O)(COC(C)=O)COC(=O)c1ccccc1.CCCCC(=O)OCC(CC)(COC(=O)CCCC)COC(=O)CCCC.CCCCCCCCC(=O)OCC(CC)(COC(=O)CCCCCCCC)COC(=O)CCCCCCCC. The highest BCUT2D eigenvalue weighted by Crippen LogP contribution is 2.32. The first kappa shape index (κ1) is 133. The van der Waals surface area contributed by atoms with E-state index >= 15 is 0 Å². The van der Waals surface area contributed by atoms with Crippen molar-refractivity contribution in [2.45, 2.75) is 322 Å². The normalized spacial score (nSPS) is 11.0. The molecule has 0 aliphatic heterocycles. The number of hydrogen-bond acceptors (Lipinski definition) is 30. The molecular formula is C120H172O30. The molecule has 150 heavy (non-hydrogen) atoms. The van der Waals surface area contributed by atoms with E-state index in [9.17, 15) is 71.9 Å². The van der Waals surface area contributed by atoms with Crippen molar-refractivity contribution < 1.29 is 143 Å². The molecule has 6 aromatic rings. The van der Waals surface area contributed by atoms with E-state index in [0.717, 1.165) is 96.3 Å². The van der Waals surface area contributed by atoms with E-state index in [1.807, 2.05) is 55.4 Å². The van der Waals surface area contributed by atoms with Crippen LogP contribution in [0.5, 0.6) is 0 Å². The number of esters is 15. The highest BCUT2D eigenvalue weighted by atomic mass is 16.6. The van der Waals surface area contributed by atoms with Crippen LogP contribution in [0.1, 0.15) is 384 Å². The third-order valence-electron chi connectivity index (χ3n) is 25.3. The van der Waals surface area contributed by atoms with Crippen molar-refractivity contribution in [1.29, 1.82) is 0 Å². The van der Waals surface area contributed by atoms with Gasteiger partial charge in [-0.15, -0.1) is 0 Å². The second-order valence-corrected chi connectivity index (χ2v) is 38.1. The van der Waals surface area contributed by atoms with Crippen LogP contribution in [0.25, 0.3) is 0 Å². The van der Waals surface area contributed by atoms with Crippen LogP contribution >= 0.6 is 0 Å². The maximum atomic E-state index is 12.5. The fraction of sp³-hybridized carbons (Fsp3) is 0.575. The molecule has 0 aliphatic rings. The van der Waals surface area contributed by atoms with Crippen LogP contribution in [-0.2, 0) is 114 Å². The summed E-state index contributed by atoms with van der Waals surface area (Å²) in [4.78, 5) is 180. The summed E-state index contributed by atoms with van der Waals surface area (Å²) in [5.41, 5.74) is -1.43. The lowest BCUT2D eigenvalue weighted by atomic mass is 9.88. The number of carbonyl (C=O) groups is 15. The smallest absolute Gasteiger partial charge is 0.338 e. The van der Waals surface area contributed by atoms with Gasteiger partial charge in [0.1, 0.15) is 99.1 Å². The van der Waals surface area contributed by atoms with Gasteiger partial charge in [-0.05, 0) is 143 Å². The molecule has 0 saturated carbocycles. The zero-order chi connectivity index (χ0) is 111. The third-order valence-corrected chi connectivity index (χ3v) is 25.3. The monoisotopic (exact) mass is 2090 g/mol. The Morgan fingerprint density at radius 3 is 0.427 bits per heavy atom. The van der Waals surface area contributed by atoms with E-state index in [2.05, 4.69) is 20.8 Å². The first-order valence-corrected chi connectivity index (χ1v) is 53.9. The van der Waals surface area contributed by atoms with Gasteiger partial charge in [-0.2, -0.15) is 0 Å². The quantitative estimate of drug-likeness (QED) is 0.0194. The Hall–Kier alpha value is -12.6. The summed E-state index contributed by atoms with van der Waals surface area (Å²) in [5, 5.41) is 0. The number of hydrogen-bond donors (Lipinski definition) is 0. The van der Waals surface area contributed by atoms with Crippen molar-refractivity contribution >= 4 is 89.5 Å². The van der Waals surface area contributed by atoms with Crippen molar-refractivity contribution in [2.75, 3.05) is 99.1 Å². The van der Waals surface area contributed by atoms with Crippen LogP contribution in [-0.4, -0.2) is 189 Å². The van der Waals surface area contributed by atoms with Gasteiger partial charge in [0.2, 0.25) is 0 Å². The summed E-state index contributed by atoms with van der Waals surface area (Å²) < 4.78 is 81.2. The number of carbonyl (C=O) groups excluding carboxylic acids is 15. The van der Waals surface area contributed by atoms with E-state index in [1.54, 1.807) is 182 Å². The Balaban J connectivity index is 0.000000640. The van der Waals surface area contributed by atoms with Crippen molar-refractivity contribution in [3.8, 4) is 0 Å². The van der Waals surface area contributed by atoms with E-state index in [4.69, 9.17) is 71.1 Å². The van der Waals surface area contributed by atoms with Gasteiger partial charge in [-0.3, -0.25) is 43.2 Å². The van der Waals surface area contributed by atoms with Gasteiger partial charge in [0.25, 0.3) is 0 Å². The van der Waals surface area contributed by atoms with Gasteiger partial charge in [0.05, 0.1) is 60.5 Å². The highest BCUT2D eigenvalue weighted by Gasteiger charge is 2.40. The van der Waals surface area contributed by atoms with E-state index in [1.165, 1.54) is 78.6 Å². The Morgan fingerprint density at radius 2 is 0.287 bits per heavy atom. The molecule has 832 valence electrons. The van der Waals surface area contributed by atoms with Gasteiger partial charge in [-0.1, -0.05) is 301 Å². The second-order valence-electron chi connectivity index (χ2n) is 38.1. The molecule has 0 N–H and O–H groups in total. The zero-order valence-electron chi connectivity index (χ0n) is 91.9. The van der Waals surface area contributed by atoms with Crippen LogP contribution < -0.4 is 0 Å². The maximum absolute atomic E-state index is 12.5. The van der Waals surface area contributed by atoms with Gasteiger partial charge in [0, 0.05) is 59.3 Å². The minimum Gasteiger partial charge on any atom is -0.465 e. The molecule has 0 amide bonds. The van der Waals surface area contributed by atoms with Gasteiger partial charge in [0.15, 0.2) is 0 Å². The van der Waals surface area contributed by atoms with Crippen LogP contribution in [0.2, 0.25) is 0 Å². The molecule has 0 fully saturated rings. The summed E-state index contributed by atoms with van der Waals surface area (Å²) in [6.07, 6.45) is 29.8. The maximum Gasteiger partial charge on any atom is 0.338 e. The Kier molecular flexibility index (Phi) is 72.3. The minimum absolute atomic E-state index is 0.00812. The molecule has 30 heteroatoms. The molecular weight excluding hydrogens is 1920 g/mol. The number of rotatable bonds is 71. The third kappa shape index (κ3) is 60.9. The molecule has 0 bridgehead atoms.